The Labute approximate surface area is 170 Å². The number of rotatable bonds is 6. The number of carbonyl (C=O) groups is 1. The van der Waals surface area contributed by atoms with Gasteiger partial charge in [-0.25, -0.2) is 4.68 Å². The third kappa shape index (κ3) is 4.09. The van der Waals surface area contributed by atoms with Crippen molar-refractivity contribution in [1.29, 1.82) is 0 Å². The summed E-state index contributed by atoms with van der Waals surface area (Å²) in [4.78, 5) is 17.0. The van der Waals surface area contributed by atoms with Crippen LogP contribution in [0.1, 0.15) is 73.8 Å². The SMILES string of the molecule is CCC(C)NC(=O)c1cn(-c2ccc(-c3noc(C4CCCC4)n3)cc2)nc1C. The molecule has 1 aliphatic carbocycles. The van der Waals surface area contributed by atoms with Crippen LogP contribution in [-0.4, -0.2) is 31.9 Å². The van der Waals surface area contributed by atoms with Crippen molar-refractivity contribution in [2.45, 2.75) is 64.8 Å². The van der Waals surface area contributed by atoms with Crippen LogP contribution < -0.4 is 5.32 Å². The molecule has 1 fully saturated rings. The number of aromatic nitrogens is 4. The maximum absolute atomic E-state index is 12.4. The van der Waals surface area contributed by atoms with Gasteiger partial charge in [0.05, 0.1) is 16.9 Å². The van der Waals surface area contributed by atoms with Gasteiger partial charge in [0, 0.05) is 23.7 Å². The first-order valence-corrected chi connectivity index (χ1v) is 10.4. The van der Waals surface area contributed by atoms with Crippen molar-refractivity contribution >= 4 is 5.91 Å². The van der Waals surface area contributed by atoms with Crippen molar-refractivity contribution in [2.75, 3.05) is 0 Å². The second-order valence-electron chi connectivity index (χ2n) is 7.84. The summed E-state index contributed by atoms with van der Waals surface area (Å²) >= 11 is 0. The first kappa shape index (κ1) is 19.4. The lowest BCUT2D eigenvalue weighted by atomic mass is 10.1. The second-order valence-corrected chi connectivity index (χ2v) is 7.84. The second kappa shape index (κ2) is 8.19. The summed E-state index contributed by atoms with van der Waals surface area (Å²) in [6.45, 7) is 5.88. The Bertz CT molecular complexity index is 983. The van der Waals surface area contributed by atoms with Crippen LogP contribution in [0.5, 0.6) is 0 Å². The number of hydrogen-bond acceptors (Lipinski definition) is 5. The van der Waals surface area contributed by atoms with E-state index in [9.17, 15) is 4.79 Å². The molecule has 1 atom stereocenters. The summed E-state index contributed by atoms with van der Waals surface area (Å²) in [5, 5.41) is 11.6. The number of aryl methyl sites for hydroxylation is 1. The van der Waals surface area contributed by atoms with Gasteiger partial charge in [0.1, 0.15) is 0 Å². The quantitative estimate of drug-likeness (QED) is 0.670. The van der Waals surface area contributed by atoms with Crippen LogP contribution in [-0.2, 0) is 0 Å². The van der Waals surface area contributed by atoms with E-state index in [1.807, 2.05) is 45.0 Å². The van der Waals surface area contributed by atoms with Gasteiger partial charge in [0.15, 0.2) is 0 Å². The highest BCUT2D eigenvalue weighted by Gasteiger charge is 2.23. The first-order chi connectivity index (χ1) is 14.0. The van der Waals surface area contributed by atoms with E-state index in [-0.39, 0.29) is 11.9 Å². The average Bonchev–Trinajstić information content (AvgIpc) is 3.48. The van der Waals surface area contributed by atoms with E-state index in [0.29, 0.717) is 23.0 Å². The zero-order valence-corrected chi connectivity index (χ0v) is 17.2. The smallest absolute Gasteiger partial charge is 0.254 e. The Morgan fingerprint density at radius 2 is 2.00 bits per heavy atom. The van der Waals surface area contributed by atoms with E-state index >= 15 is 0 Å². The number of amides is 1. The maximum atomic E-state index is 12.4. The molecule has 1 unspecified atom stereocenters. The van der Waals surface area contributed by atoms with Gasteiger partial charge in [-0.15, -0.1) is 0 Å². The molecule has 1 amide bonds. The number of nitrogens with one attached hydrogen (secondary N) is 1. The van der Waals surface area contributed by atoms with Crippen LogP contribution in [0, 0.1) is 6.92 Å². The van der Waals surface area contributed by atoms with E-state index < -0.39 is 0 Å². The molecule has 0 saturated heterocycles. The normalized spacial score (nSPS) is 15.6. The van der Waals surface area contributed by atoms with E-state index in [1.54, 1.807) is 10.9 Å². The Hall–Kier alpha value is -2.96. The molecule has 29 heavy (non-hydrogen) atoms. The van der Waals surface area contributed by atoms with Crippen molar-refractivity contribution in [2.24, 2.45) is 0 Å². The summed E-state index contributed by atoms with van der Waals surface area (Å²) in [5.74, 6) is 1.68. The highest BCUT2D eigenvalue weighted by molar-refractivity contribution is 5.95. The molecule has 2 aromatic heterocycles. The van der Waals surface area contributed by atoms with Crippen LogP contribution in [0.4, 0.5) is 0 Å². The van der Waals surface area contributed by atoms with E-state index in [0.717, 1.165) is 36.4 Å². The van der Waals surface area contributed by atoms with Gasteiger partial charge < -0.3 is 9.84 Å². The van der Waals surface area contributed by atoms with Crippen molar-refractivity contribution in [3.05, 3.63) is 47.6 Å². The maximum Gasteiger partial charge on any atom is 0.254 e. The van der Waals surface area contributed by atoms with E-state index in [1.165, 1.54) is 12.8 Å². The zero-order valence-electron chi connectivity index (χ0n) is 17.2. The molecule has 1 N–H and O–H groups in total. The van der Waals surface area contributed by atoms with Crippen LogP contribution in [0.2, 0.25) is 0 Å². The summed E-state index contributed by atoms with van der Waals surface area (Å²) in [7, 11) is 0. The van der Waals surface area contributed by atoms with Gasteiger partial charge in [-0.1, -0.05) is 24.9 Å². The minimum absolute atomic E-state index is 0.0917. The minimum Gasteiger partial charge on any atom is -0.349 e. The molecule has 152 valence electrons. The Morgan fingerprint density at radius 1 is 1.28 bits per heavy atom. The van der Waals surface area contributed by atoms with E-state index in [2.05, 4.69) is 20.6 Å². The lowest BCUT2D eigenvalue weighted by molar-refractivity contribution is 0.0938. The average molecular weight is 393 g/mol. The number of nitrogens with zero attached hydrogens (tertiary/aromatic N) is 4. The summed E-state index contributed by atoms with van der Waals surface area (Å²) < 4.78 is 7.21. The molecular weight excluding hydrogens is 366 g/mol. The molecule has 1 saturated carbocycles. The summed E-state index contributed by atoms with van der Waals surface area (Å²) in [6.07, 6.45) is 7.39. The Kier molecular flexibility index (Phi) is 5.47. The van der Waals surface area contributed by atoms with E-state index in [4.69, 9.17) is 4.52 Å². The number of carbonyl (C=O) groups excluding carboxylic acids is 1. The van der Waals surface area contributed by atoms with Crippen molar-refractivity contribution < 1.29 is 9.32 Å². The minimum atomic E-state index is -0.0917. The van der Waals surface area contributed by atoms with Crippen molar-refractivity contribution in [3.63, 3.8) is 0 Å². The predicted molar refractivity (Wildman–Crippen MR) is 110 cm³/mol. The summed E-state index contributed by atoms with van der Waals surface area (Å²) in [6, 6.07) is 7.94. The van der Waals surface area contributed by atoms with Gasteiger partial charge in [-0.3, -0.25) is 4.79 Å². The zero-order chi connectivity index (χ0) is 20.4. The molecule has 0 bridgehead atoms. The van der Waals surface area contributed by atoms with Gasteiger partial charge in [-0.05, 0) is 57.4 Å². The highest BCUT2D eigenvalue weighted by Crippen LogP contribution is 2.33. The molecular formula is C22H27N5O2. The van der Waals surface area contributed by atoms with Crippen LogP contribution in [0.25, 0.3) is 17.1 Å². The molecule has 7 nitrogen and oxygen atoms in total. The third-order valence-electron chi connectivity index (χ3n) is 5.67. The standard InChI is InChI=1S/C22H27N5O2/c1-4-14(2)23-21(28)19-13-27(25-15(19)3)18-11-9-16(10-12-18)20-24-22(29-26-20)17-7-5-6-8-17/h9-14,17H,4-8H2,1-3H3,(H,23,28). The van der Waals surface area contributed by atoms with Crippen LogP contribution >= 0.6 is 0 Å². The Morgan fingerprint density at radius 3 is 2.69 bits per heavy atom. The fraction of sp³-hybridized carbons (Fsp3) is 0.455. The topological polar surface area (TPSA) is 85.8 Å². The highest BCUT2D eigenvalue weighted by atomic mass is 16.5. The van der Waals surface area contributed by atoms with Crippen LogP contribution in [0.3, 0.4) is 0 Å². The Balaban J connectivity index is 1.51. The van der Waals surface area contributed by atoms with Crippen LogP contribution in [0.15, 0.2) is 35.0 Å². The molecule has 0 aliphatic heterocycles. The van der Waals surface area contributed by atoms with Crippen molar-refractivity contribution in [3.8, 4) is 17.1 Å². The fourth-order valence-electron chi connectivity index (χ4n) is 3.67. The lowest BCUT2D eigenvalue weighted by Gasteiger charge is -2.10. The van der Waals surface area contributed by atoms with Gasteiger partial charge in [-0.2, -0.15) is 10.1 Å². The molecule has 7 heteroatoms. The number of benzene rings is 1. The van der Waals surface area contributed by atoms with Gasteiger partial charge in [0.2, 0.25) is 11.7 Å². The predicted octanol–water partition coefficient (Wildman–Crippen LogP) is 4.42. The molecule has 1 aliphatic rings. The van der Waals surface area contributed by atoms with Gasteiger partial charge in [0.25, 0.3) is 5.91 Å². The molecule has 0 spiro atoms. The molecule has 3 aromatic rings. The molecule has 1 aromatic carbocycles. The molecule has 0 radical (unpaired) electrons. The largest absolute Gasteiger partial charge is 0.349 e. The summed E-state index contributed by atoms with van der Waals surface area (Å²) in [5.41, 5.74) is 3.07. The molecule has 2 heterocycles. The van der Waals surface area contributed by atoms with Crippen molar-refractivity contribution in [1.82, 2.24) is 25.2 Å². The van der Waals surface area contributed by atoms with Gasteiger partial charge >= 0.3 is 0 Å². The third-order valence-corrected chi connectivity index (χ3v) is 5.67. The molecule has 4 rings (SSSR count). The monoisotopic (exact) mass is 393 g/mol. The lowest BCUT2D eigenvalue weighted by Crippen LogP contribution is -2.32. The first-order valence-electron chi connectivity index (χ1n) is 10.4. The number of hydrogen-bond donors (Lipinski definition) is 1. The fourth-order valence-corrected chi connectivity index (χ4v) is 3.67.